The van der Waals surface area contributed by atoms with E-state index < -0.39 is 0 Å². The van der Waals surface area contributed by atoms with Gasteiger partial charge in [-0.25, -0.2) is 9.07 Å². The monoisotopic (exact) mass is 405 g/mol. The lowest BCUT2D eigenvalue weighted by Crippen LogP contribution is -2.22. The average Bonchev–Trinajstić information content (AvgIpc) is 3.05. The third-order valence-corrected chi connectivity index (χ3v) is 5.70. The summed E-state index contributed by atoms with van der Waals surface area (Å²) in [4.78, 5) is 0. The Hall–Kier alpha value is -2.99. The minimum atomic E-state index is -0.237. The van der Waals surface area contributed by atoms with Crippen LogP contribution in [0, 0.1) is 6.92 Å². The van der Waals surface area contributed by atoms with Crippen LogP contribution in [0.15, 0.2) is 60.6 Å². The molecule has 156 valence electrons. The fourth-order valence-corrected chi connectivity index (χ4v) is 4.18. The normalized spacial score (nSPS) is 19.4. The van der Waals surface area contributed by atoms with Crippen LogP contribution in [0.5, 0.6) is 0 Å². The Morgan fingerprint density at radius 2 is 2.23 bits per heavy atom. The van der Waals surface area contributed by atoms with E-state index in [4.69, 9.17) is 0 Å². The molecule has 0 amide bonds. The second-order valence-corrected chi connectivity index (χ2v) is 7.80. The van der Waals surface area contributed by atoms with Gasteiger partial charge in [0.25, 0.3) is 0 Å². The highest BCUT2D eigenvalue weighted by Crippen LogP contribution is 2.37. The molecule has 0 spiro atoms. The number of halogens is 1. The van der Waals surface area contributed by atoms with E-state index in [0.717, 1.165) is 55.1 Å². The molecular formula is C24H28FN5. The summed E-state index contributed by atoms with van der Waals surface area (Å²) in [6.45, 7) is 9.99. The molecule has 1 atom stereocenters. The molecule has 2 aromatic rings. The maximum absolute atomic E-state index is 13.2. The Balaban J connectivity index is 1.79. The van der Waals surface area contributed by atoms with Crippen molar-refractivity contribution >= 4 is 5.57 Å². The van der Waals surface area contributed by atoms with Crippen molar-refractivity contribution < 1.29 is 4.39 Å². The highest BCUT2D eigenvalue weighted by atomic mass is 19.1. The molecular weight excluding hydrogens is 377 g/mol. The first-order valence-electron chi connectivity index (χ1n) is 10.4. The smallest absolute Gasteiger partial charge is 0.0969 e. The Morgan fingerprint density at radius 1 is 1.37 bits per heavy atom. The fraction of sp³-hybridized carbons (Fsp3) is 0.333. The van der Waals surface area contributed by atoms with Crippen LogP contribution in [-0.2, 0) is 6.54 Å². The van der Waals surface area contributed by atoms with Crippen LogP contribution in [-0.4, -0.2) is 28.1 Å². The summed E-state index contributed by atoms with van der Waals surface area (Å²) in [7, 11) is 0. The van der Waals surface area contributed by atoms with Gasteiger partial charge in [0, 0.05) is 24.4 Å². The molecule has 1 aromatic carbocycles. The number of rotatable bonds is 5. The molecule has 0 saturated carbocycles. The summed E-state index contributed by atoms with van der Waals surface area (Å²) in [5.74, 6) is -0.237. The van der Waals surface area contributed by atoms with Crippen LogP contribution >= 0.6 is 0 Å². The standard InChI is InChI=1S/C24H28FN5/c1-4-20(7-5-16(2)25)27-23-11-14-30-24(17(3)28-29-30)21-8-6-19(15-22(21)23)18-9-12-26-13-10-18/h4-9,15,23,26-27H,1,10-14H2,2-3H3/b16-5+,20-7+. The third kappa shape index (κ3) is 4.14. The molecule has 30 heavy (non-hydrogen) atoms. The number of hydrogen-bond acceptors (Lipinski definition) is 4. The van der Waals surface area contributed by atoms with E-state index in [9.17, 15) is 4.39 Å². The van der Waals surface area contributed by atoms with Crippen molar-refractivity contribution in [2.24, 2.45) is 0 Å². The number of aromatic nitrogens is 3. The number of nitrogens with zero attached hydrogens (tertiary/aromatic N) is 3. The SMILES string of the molecule is C=C/C(=C\C=C(/C)F)NC1CCn2nnc(C)c2-c2ccc(C3=CCNCC3)cc21. The summed E-state index contributed by atoms with van der Waals surface area (Å²) in [5, 5.41) is 15.6. The van der Waals surface area contributed by atoms with Gasteiger partial charge in [-0.3, -0.25) is 0 Å². The zero-order chi connectivity index (χ0) is 21.1. The summed E-state index contributed by atoms with van der Waals surface area (Å²) >= 11 is 0. The molecule has 0 radical (unpaired) electrons. The van der Waals surface area contributed by atoms with Crippen molar-refractivity contribution in [3.05, 3.63) is 77.4 Å². The summed E-state index contributed by atoms with van der Waals surface area (Å²) in [6.07, 6.45) is 9.05. The van der Waals surface area contributed by atoms with Crippen molar-refractivity contribution in [2.75, 3.05) is 13.1 Å². The van der Waals surface area contributed by atoms with Gasteiger partial charge >= 0.3 is 0 Å². The number of allylic oxidation sites excluding steroid dienone is 4. The van der Waals surface area contributed by atoms with Crippen LogP contribution < -0.4 is 10.6 Å². The van der Waals surface area contributed by atoms with E-state index in [1.807, 2.05) is 11.6 Å². The second kappa shape index (κ2) is 8.79. The molecule has 0 bridgehead atoms. The van der Waals surface area contributed by atoms with Gasteiger partial charge in [0.05, 0.1) is 23.3 Å². The van der Waals surface area contributed by atoms with Crippen molar-refractivity contribution in [3.8, 4) is 11.3 Å². The third-order valence-electron chi connectivity index (χ3n) is 5.70. The quantitative estimate of drug-likeness (QED) is 0.714. The van der Waals surface area contributed by atoms with Crippen molar-refractivity contribution in [3.63, 3.8) is 0 Å². The maximum Gasteiger partial charge on any atom is 0.0969 e. The number of benzene rings is 1. The zero-order valence-corrected chi connectivity index (χ0v) is 17.6. The minimum Gasteiger partial charge on any atom is -0.378 e. The molecule has 2 aliphatic rings. The first kappa shape index (κ1) is 20.3. The van der Waals surface area contributed by atoms with Gasteiger partial charge in [-0.15, -0.1) is 5.10 Å². The molecule has 0 saturated heterocycles. The molecule has 5 nitrogen and oxygen atoms in total. The highest BCUT2D eigenvalue weighted by molar-refractivity contribution is 5.74. The van der Waals surface area contributed by atoms with Crippen LogP contribution in [0.25, 0.3) is 16.8 Å². The van der Waals surface area contributed by atoms with Gasteiger partial charge in [-0.05, 0) is 74.2 Å². The Bertz CT molecular complexity index is 1040. The van der Waals surface area contributed by atoms with Crippen LogP contribution in [0.1, 0.15) is 42.6 Å². The maximum atomic E-state index is 13.2. The Kier molecular flexibility index (Phi) is 5.95. The topological polar surface area (TPSA) is 54.8 Å². The molecule has 2 aliphatic heterocycles. The van der Waals surface area contributed by atoms with Crippen molar-refractivity contribution in [1.82, 2.24) is 25.6 Å². The van der Waals surface area contributed by atoms with Crippen molar-refractivity contribution in [1.29, 1.82) is 0 Å². The molecule has 1 unspecified atom stereocenters. The first-order chi connectivity index (χ1) is 14.6. The summed E-state index contributed by atoms with van der Waals surface area (Å²) in [5.41, 5.74) is 7.78. The molecule has 6 heteroatoms. The molecule has 0 fully saturated rings. The number of fused-ring (bicyclic) bond motifs is 3. The molecule has 2 N–H and O–H groups in total. The predicted octanol–water partition coefficient (Wildman–Crippen LogP) is 4.61. The van der Waals surface area contributed by atoms with Crippen LogP contribution in [0.3, 0.4) is 0 Å². The number of aryl methyl sites for hydroxylation is 2. The summed E-state index contributed by atoms with van der Waals surface area (Å²) in [6, 6.07) is 6.75. The van der Waals surface area contributed by atoms with Gasteiger partial charge < -0.3 is 10.6 Å². The van der Waals surface area contributed by atoms with Gasteiger partial charge in [-0.2, -0.15) is 0 Å². The number of nitrogens with one attached hydrogen (secondary N) is 2. The van der Waals surface area contributed by atoms with Crippen LogP contribution in [0.4, 0.5) is 4.39 Å². The second-order valence-electron chi connectivity index (χ2n) is 7.80. The average molecular weight is 406 g/mol. The van der Waals surface area contributed by atoms with Gasteiger partial charge in [0.1, 0.15) is 0 Å². The van der Waals surface area contributed by atoms with Gasteiger partial charge in [0.2, 0.25) is 0 Å². The Labute approximate surface area is 177 Å². The first-order valence-corrected chi connectivity index (χ1v) is 10.4. The van der Waals surface area contributed by atoms with E-state index in [-0.39, 0.29) is 11.9 Å². The fourth-order valence-electron chi connectivity index (χ4n) is 4.18. The minimum absolute atomic E-state index is 0.0564. The summed E-state index contributed by atoms with van der Waals surface area (Å²) < 4.78 is 15.2. The van der Waals surface area contributed by atoms with Crippen molar-refractivity contribution in [2.45, 2.75) is 39.3 Å². The molecule has 1 aromatic heterocycles. The van der Waals surface area contributed by atoms with E-state index in [1.54, 1.807) is 12.2 Å². The van der Waals surface area contributed by atoms with E-state index >= 15 is 0 Å². The zero-order valence-electron chi connectivity index (χ0n) is 17.6. The highest BCUT2D eigenvalue weighted by Gasteiger charge is 2.26. The largest absolute Gasteiger partial charge is 0.378 e. The van der Waals surface area contributed by atoms with E-state index in [0.29, 0.717) is 0 Å². The van der Waals surface area contributed by atoms with Crippen LogP contribution in [0.2, 0.25) is 0 Å². The number of hydrogen-bond donors (Lipinski definition) is 2. The van der Waals surface area contributed by atoms with E-state index in [2.05, 4.69) is 51.8 Å². The molecule has 0 aliphatic carbocycles. The lowest BCUT2D eigenvalue weighted by molar-refractivity contribution is 0.485. The van der Waals surface area contributed by atoms with Gasteiger partial charge in [-0.1, -0.05) is 30.0 Å². The lowest BCUT2D eigenvalue weighted by atomic mass is 9.90. The van der Waals surface area contributed by atoms with Gasteiger partial charge in [0.15, 0.2) is 0 Å². The Morgan fingerprint density at radius 3 is 2.97 bits per heavy atom. The lowest BCUT2D eigenvalue weighted by Gasteiger charge is -2.23. The van der Waals surface area contributed by atoms with E-state index in [1.165, 1.54) is 29.7 Å². The predicted molar refractivity (Wildman–Crippen MR) is 119 cm³/mol. The molecule has 3 heterocycles. The molecule has 4 rings (SSSR count).